The van der Waals surface area contributed by atoms with E-state index in [1.807, 2.05) is 0 Å². The van der Waals surface area contributed by atoms with Crippen molar-refractivity contribution in [3.05, 3.63) is 0 Å². The molecule has 0 spiro atoms. The quantitative estimate of drug-likeness (QED) is 0.211. The Morgan fingerprint density at radius 1 is 0.852 bits per heavy atom. The minimum Gasteiger partial charge on any atom is -0.462 e. The highest BCUT2D eigenvalue weighted by Crippen LogP contribution is 2.35. The van der Waals surface area contributed by atoms with Gasteiger partial charge in [0.2, 0.25) is 0 Å². The van der Waals surface area contributed by atoms with Gasteiger partial charge in [-0.3, -0.25) is 14.1 Å². The first-order chi connectivity index (χ1) is 12.8. The zero-order valence-electron chi connectivity index (χ0n) is 16.6. The zero-order valence-corrected chi connectivity index (χ0v) is 17.5. The van der Waals surface area contributed by atoms with Gasteiger partial charge >= 0.3 is 19.8 Å². The van der Waals surface area contributed by atoms with Crippen LogP contribution in [-0.2, 0) is 28.2 Å². The fourth-order valence-corrected chi connectivity index (χ4v) is 2.77. The van der Waals surface area contributed by atoms with E-state index in [0.29, 0.717) is 6.42 Å². The zero-order chi connectivity index (χ0) is 20.5. The van der Waals surface area contributed by atoms with E-state index in [2.05, 4.69) is 11.4 Å². The lowest BCUT2D eigenvalue weighted by molar-refractivity contribution is -0.161. The number of hydrogen-bond donors (Lipinski definition) is 2. The van der Waals surface area contributed by atoms with Crippen molar-refractivity contribution in [1.29, 1.82) is 0 Å². The Balaban J connectivity index is 4.01. The van der Waals surface area contributed by atoms with E-state index in [1.165, 1.54) is 32.1 Å². The molecule has 0 radical (unpaired) electrons. The largest absolute Gasteiger partial charge is 0.469 e. The third kappa shape index (κ3) is 18.2. The van der Waals surface area contributed by atoms with Gasteiger partial charge in [-0.2, -0.15) is 0 Å². The fraction of sp³-hybridized carbons (Fsp3) is 0.889. The molecule has 0 bridgehead atoms. The van der Waals surface area contributed by atoms with Gasteiger partial charge in [-0.15, -0.1) is 0 Å². The Morgan fingerprint density at radius 3 is 1.93 bits per heavy atom. The highest BCUT2D eigenvalue weighted by molar-refractivity contribution is 7.46. The molecule has 1 unspecified atom stereocenters. The van der Waals surface area contributed by atoms with Gasteiger partial charge in [0.1, 0.15) is 6.61 Å². The van der Waals surface area contributed by atoms with Crippen LogP contribution in [0.4, 0.5) is 0 Å². The molecule has 0 aromatic heterocycles. The van der Waals surface area contributed by atoms with Gasteiger partial charge in [-0.1, -0.05) is 65.2 Å². The van der Waals surface area contributed by atoms with Crippen LogP contribution >= 0.6 is 7.82 Å². The molecule has 27 heavy (non-hydrogen) atoms. The lowest BCUT2D eigenvalue weighted by Gasteiger charge is -2.18. The SMILES string of the molecule is CCCCCCCCCCCC(=O)OC(COC(=O)CC)COP(=O)(O)O. The van der Waals surface area contributed by atoms with Crippen LogP contribution < -0.4 is 0 Å². The van der Waals surface area contributed by atoms with Crippen molar-refractivity contribution in [1.82, 2.24) is 0 Å². The molecule has 0 rings (SSSR count). The maximum absolute atomic E-state index is 11.9. The second kappa shape index (κ2) is 16.0. The van der Waals surface area contributed by atoms with Crippen LogP contribution in [0.25, 0.3) is 0 Å². The van der Waals surface area contributed by atoms with E-state index < -0.39 is 32.5 Å². The normalized spacial score (nSPS) is 12.6. The molecule has 0 aliphatic rings. The monoisotopic (exact) mass is 410 g/mol. The highest BCUT2D eigenvalue weighted by Gasteiger charge is 2.22. The number of hydrogen-bond acceptors (Lipinski definition) is 6. The molecule has 0 amide bonds. The number of phosphoric ester groups is 1. The van der Waals surface area contributed by atoms with Crippen LogP contribution in [0.3, 0.4) is 0 Å². The summed E-state index contributed by atoms with van der Waals surface area (Å²) >= 11 is 0. The number of rotatable bonds is 17. The summed E-state index contributed by atoms with van der Waals surface area (Å²) in [6.07, 6.45) is 9.44. The molecule has 0 saturated heterocycles. The summed E-state index contributed by atoms with van der Waals surface area (Å²) in [5, 5.41) is 0. The molecule has 1 atom stereocenters. The van der Waals surface area contributed by atoms with Crippen molar-refractivity contribution in [2.24, 2.45) is 0 Å². The standard InChI is InChI=1S/C18H35O8P/c1-3-5-6-7-8-9-10-11-12-13-18(20)26-16(14-24-17(19)4-2)15-25-27(21,22)23/h16H,3-15H2,1-2H3,(H2,21,22,23). The lowest BCUT2D eigenvalue weighted by Crippen LogP contribution is -2.29. The van der Waals surface area contributed by atoms with Crippen molar-refractivity contribution >= 4 is 19.8 Å². The molecule has 0 saturated carbocycles. The molecule has 160 valence electrons. The first kappa shape index (κ1) is 26.1. The van der Waals surface area contributed by atoms with Gasteiger partial charge in [-0.25, -0.2) is 4.57 Å². The van der Waals surface area contributed by atoms with Crippen LogP contribution in [0.1, 0.15) is 84.5 Å². The predicted octanol–water partition coefficient (Wildman–Crippen LogP) is 3.88. The number of esters is 2. The first-order valence-corrected chi connectivity index (χ1v) is 11.4. The molecule has 2 N–H and O–H groups in total. The molecule has 0 aliphatic carbocycles. The summed E-state index contributed by atoms with van der Waals surface area (Å²) < 4.78 is 25.1. The second-order valence-corrected chi connectivity index (χ2v) is 7.75. The number of ether oxygens (including phenoxy) is 2. The average Bonchev–Trinajstić information content (AvgIpc) is 2.61. The van der Waals surface area contributed by atoms with E-state index >= 15 is 0 Å². The van der Waals surface area contributed by atoms with Gasteiger partial charge in [-0.05, 0) is 6.42 Å². The van der Waals surface area contributed by atoms with Gasteiger partial charge in [0.05, 0.1) is 6.61 Å². The average molecular weight is 410 g/mol. The number of carbonyl (C=O) groups excluding carboxylic acids is 2. The summed E-state index contributed by atoms with van der Waals surface area (Å²) in [7, 11) is -4.69. The Kier molecular flexibility index (Phi) is 15.5. The van der Waals surface area contributed by atoms with Crippen molar-refractivity contribution in [3.8, 4) is 0 Å². The maximum Gasteiger partial charge on any atom is 0.469 e. The summed E-state index contributed by atoms with van der Waals surface area (Å²) in [4.78, 5) is 40.6. The maximum atomic E-state index is 11.9. The topological polar surface area (TPSA) is 119 Å². The third-order valence-corrected chi connectivity index (χ3v) is 4.42. The summed E-state index contributed by atoms with van der Waals surface area (Å²) in [6, 6.07) is 0. The molecule has 8 nitrogen and oxygen atoms in total. The molecule has 0 fully saturated rings. The third-order valence-electron chi connectivity index (χ3n) is 3.93. The Morgan fingerprint density at radius 2 is 1.41 bits per heavy atom. The Hall–Kier alpha value is -0.950. The number of phosphoric acid groups is 1. The molecule has 0 aliphatic heterocycles. The minimum atomic E-state index is -4.69. The van der Waals surface area contributed by atoms with Gasteiger partial charge in [0.25, 0.3) is 0 Å². The lowest BCUT2D eigenvalue weighted by atomic mass is 10.1. The van der Waals surface area contributed by atoms with Crippen molar-refractivity contribution in [2.45, 2.75) is 90.6 Å². The Bertz CT molecular complexity index is 449. The molecular formula is C18H35O8P. The Labute approximate surface area is 162 Å². The van der Waals surface area contributed by atoms with Crippen molar-refractivity contribution < 1.29 is 37.9 Å². The number of unbranched alkanes of at least 4 members (excludes halogenated alkanes) is 8. The summed E-state index contributed by atoms with van der Waals surface area (Å²) in [5.74, 6) is -0.990. The van der Waals surface area contributed by atoms with Crippen molar-refractivity contribution in [3.63, 3.8) is 0 Å². The van der Waals surface area contributed by atoms with Crippen LogP contribution in [-0.4, -0.2) is 41.0 Å². The van der Waals surface area contributed by atoms with Crippen LogP contribution in [0, 0.1) is 0 Å². The predicted molar refractivity (Wildman–Crippen MR) is 101 cm³/mol. The molecule has 0 aromatic rings. The highest BCUT2D eigenvalue weighted by atomic mass is 31.2. The molecule has 0 heterocycles. The molecular weight excluding hydrogens is 375 g/mol. The summed E-state index contributed by atoms with van der Waals surface area (Å²) in [6.45, 7) is 2.97. The summed E-state index contributed by atoms with van der Waals surface area (Å²) in [5.41, 5.74) is 0. The smallest absolute Gasteiger partial charge is 0.462 e. The molecule has 0 aromatic carbocycles. The molecule has 9 heteroatoms. The van der Waals surface area contributed by atoms with Gasteiger partial charge in [0, 0.05) is 12.8 Å². The second-order valence-electron chi connectivity index (χ2n) is 6.51. The van der Waals surface area contributed by atoms with Gasteiger partial charge in [0.15, 0.2) is 6.10 Å². The van der Waals surface area contributed by atoms with Crippen LogP contribution in [0.15, 0.2) is 0 Å². The first-order valence-electron chi connectivity index (χ1n) is 9.83. The van der Waals surface area contributed by atoms with Gasteiger partial charge < -0.3 is 19.3 Å². The van der Waals surface area contributed by atoms with E-state index in [1.54, 1.807) is 6.92 Å². The van der Waals surface area contributed by atoms with E-state index in [-0.39, 0.29) is 19.4 Å². The van der Waals surface area contributed by atoms with E-state index in [0.717, 1.165) is 19.3 Å². The fourth-order valence-electron chi connectivity index (χ4n) is 2.41. The minimum absolute atomic E-state index is 0.151. The van der Waals surface area contributed by atoms with E-state index in [4.69, 9.17) is 19.3 Å². The van der Waals surface area contributed by atoms with E-state index in [9.17, 15) is 14.2 Å². The number of carbonyl (C=O) groups is 2. The van der Waals surface area contributed by atoms with Crippen molar-refractivity contribution in [2.75, 3.05) is 13.2 Å². The van der Waals surface area contributed by atoms with Crippen LogP contribution in [0.2, 0.25) is 0 Å². The van der Waals surface area contributed by atoms with Crippen LogP contribution in [0.5, 0.6) is 0 Å².